The topological polar surface area (TPSA) is 122 Å². The van der Waals surface area contributed by atoms with E-state index in [0.29, 0.717) is 53.7 Å². The van der Waals surface area contributed by atoms with Crippen LogP contribution < -0.4 is 19.1 Å². The van der Waals surface area contributed by atoms with Crippen molar-refractivity contribution in [2.75, 3.05) is 43.5 Å². The van der Waals surface area contributed by atoms with Crippen LogP contribution in [0.2, 0.25) is 5.02 Å². The van der Waals surface area contributed by atoms with E-state index in [9.17, 15) is 21.6 Å². The van der Waals surface area contributed by atoms with Gasteiger partial charge < -0.3 is 14.8 Å². The van der Waals surface area contributed by atoms with Crippen LogP contribution in [0.1, 0.15) is 18.4 Å². The number of nitrogens with one attached hydrogen (secondary N) is 1. The van der Waals surface area contributed by atoms with Gasteiger partial charge >= 0.3 is 0 Å². The first-order chi connectivity index (χ1) is 19.5. The van der Waals surface area contributed by atoms with Crippen molar-refractivity contribution in [1.82, 2.24) is 4.31 Å². The number of amides is 1. The smallest absolute Gasteiger partial charge is 0.264 e. The molecule has 2 aliphatic heterocycles. The maximum Gasteiger partial charge on any atom is 0.264 e. The Labute approximate surface area is 244 Å². The van der Waals surface area contributed by atoms with Gasteiger partial charge in [0.1, 0.15) is 0 Å². The zero-order chi connectivity index (χ0) is 29.4. The highest BCUT2D eigenvalue weighted by Gasteiger charge is 2.34. The average Bonchev–Trinajstić information content (AvgIpc) is 3.41. The first kappa shape index (κ1) is 29.2. The minimum absolute atomic E-state index is 0.0919. The summed E-state index contributed by atoms with van der Waals surface area (Å²) in [7, 11) is -4.67. The molecule has 41 heavy (non-hydrogen) atoms. The first-order valence-corrected chi connectivity index (χ1v) is 16.2. The number of benzene rings is 3. The van der Waals surface area contributed by atoms with Crippen molar-refractivity contribution in [3.63, 3.8) is 0 Å². The summed E-state index contributed by atoms with van der Waals surface area (Å²) < 4.78 is 66.2. The predicted octanol–water partition coefficient (Wildman–Crippen LogP) is 4.15. The van der Waals surface area contributed by atoms with Crippen LogP contribution in [0.3, 0.4) is 0 Å². The molecule has 5 rings (SSSR count). The molecule has 1 fully saturated rings. The lowest BCUT2D eigenvalue weighted by Gasteiger charge is -2.30. The van der Waals surface area contributed by atoms with E-state index in [0.717, 1.165) is 5.56 Å². The molecule has 0 saturated carbocycles. The van der Waals surface area contributed by atoms with Gasteiger partial charge in [-0.1, -0.05) is 17.7 Å². The normalized spacial score (nSPS) is 16.3. The van der Waals surface area contributed by atoms with Crippen LogP contribution in [0.5, 0.6) is 11.5 Å². The van der Waals surface area contributed by atoms with E-state index in [2.05, 4.69) is 5.32 Å². The van der Waals surface area contributed by atoms with Crippen LogP contribution >= 0.6 is 11.6 Å². The van der Waals surface area contributed by atoms with Gasteiger partial charge in [0, 0.05) is 42.3 Å². The summed E-state index contributed by atoms with van der Waals surface area (Å²) in [6, 6.07) is 15.7. The molecule has 3 aromatic rings. The maximum atomic E-state index is 13.3. The Morgan fingerprint density at radius 1 is 0.829 bits per heavy atom. The summed E-state index contributed by atoms with van der Waals surface area (Å²) in [5.74, 6) is 0.114. The summed E-state index contributed by atoms with van der Waals surface area (Å²) >= 11 is 5.93. The lowest BCUT2D eigenvalue weighted by molar-refractivity contribution is -0.120. The Hall–Kier alpha value is -3.32. The third-order valence-electron chi connectivity index (χ3n) is 7.42. The standard InChI is InChI=1S/C28H30ClN3O7S2/c1-38-26-10-9-24(18-27(26)39-2)40(34,35)31-14-11-20(12-15-31)28(33)30-22-6-3-19-13-16-32(25(19)17-22)41(36,37)23-7-4-21(29)5-8-23/h3-10,17-18,20H,11-16H2,1-2H3,(H,30,33). The van der Waals surface area contributed by atoms with Crippen LogP contribution in [0.25, 0.3) is 0 Å². The molecule has 13 heteroatoms. The number of rotatable bonds is 8. The van der Waals surface area contributed by atoms with Crippen molar-refractivity contribution in [3.05, 3.63) is 71.2 Å². The van der Waals surface area contributed by atoms with Crippen molar-refractivity contribution in [2.24, 2.45) is 5.92 Å². The van der Waals surface area contributed by atoms with Crippen molar-refractivity contribution < 1.29 is 31.1 Å². The highest BCUT2D eigenvalue weighted by molar-refractivity contribution is 7.92. The number of methoxy groups -OCH3 is 2. The number of carbonyl (C=O) groups is 1. The minimum Gasteiger partial charge on any atom is -0.493 e. The summed E-state index contributed by atoms with van der Waals surface area (Å²) in [6.45, 7) is 0.669. The zero-order valence-electron chi connectivity index (χ0n) is 22.5. The molecule has 218 valence electrons. The lowest BCUT2D eigenvalue weighted by Crippen LogP contribution is -2.41. The molecule has 10 nitrogen and oxygen atoms in total. The second-order valence-corrected chi connectivity index (χ2v) is 14.0. The molecule has 0 bridgehead atoms. The quantitative estimate of drug-likeness (QED) is 0.402. The third kappa shape index (κ3) is 5.74. The van der Waals surface area contributed by atoms with Gasteiger partial charge in [-0.15, -0.1) is 0 Å². The van der Waals surface area contributed by atoms with Crippen molar-refractivity contribution >= 4 is 48.9 Å². The van der Waals surface area contributed by atoms with E-state index in [4.69, 9.17) is 21.1 Å². The van der Waals surface area contributed by atoms with Crippen molar-refractivity contribution in [1.29, 1.82) is 0 Å². The largest absolute Gasteiger partial charge is 0.493 e. The second-order valence-electron chi connectivity index (χ2n) is 9.81. The van der Waals surface area contributed by atoms with E-state index >= 15 is 0 Å². The van der Waals surface area contributed by atoms with Gasteiger partial charge in [-0.3, -0.25) is 9.10 Å². The summed E-state index contributed by atoms with van der Waals surface area (Å²) in [5, 5.41) is 3.34. The summed E-state index contributed by atoms with van der Waals surface area (Å²) in [6.07, 6.45) is 1.25. The molecule has 0 radical (unpaired) electrons. The van der Waals surface area contributed by atoms with Crippen molar-refractivity contribution in [3.8, 4) is 11.5 Å². The van der Waals surface area contributed by atoms with E-state index < -0.39 is 26.0 Å². The molecule has 0 aromatic heterocycles. The first-order valence-electron chi connectivity index (χ1n) is 13.0. The SMILES string of the molecule is COc1ccc(S(=O)(=O)N2CCC(C(=O)Nc3ccc4c(c3)N(S(=O)(=O)c3ccc(Cl)cc3)CC4)CC2)cc1OC. The fraction of sp³-hybridized carbons (Fsp3) is 0.321. The fourth-order valence-corrected chi connectivity index (χ4v) is 8.25. The number of fused-ring (bicyclic) bond motifs is 1. The Morgan fingerprint density at radius 3 is 2.15 bits per heavy atom. The van der Waals surface area contributed by atoms with E-state index in [1.54, 1.807) is 18.2 Å². The van der Waals surface area contributed by atoms with Gasteiger partial charge in [0.15, 0.2) is 11.5 Å². The number of sulfonamides is 2. The predicted molar refractivity (Wildman–Crippen MR) is 156 cm³/mol. The Bertz CT molecular complexity index is 1670. The van der Waals surface area contributed by atoms with E-state index in [1.807, 2.05) is 6.07 Å². The zero-order valence-corrected chi connectivity index (χ0v) is 24.9. The minimum atomic E-state index is -3.80. The fourth-order valence-electron chi connectivity index (χ4n) is 5.14. The molecule has 1 saturated heterocycles. The molecular formula is C28H30ClN3O7S2. The number of hydrogen-bond acceptors (Lipinski definition) is 7. The number of halogens is 1. The van der Waals surface area contributed by atoms with Gasteiger partial charge in [0.05, 0.1) is 29.7 Å². The molecular weight excluding hydrogens is 590 g/mol. The highest BCUT2D eigenvalue weighted by atomic mass is 35.5. The Kier molecular flexibility index (Phi) is 8.20. The number of ether oxygens (including phenoxy) is 2. The van der Waals surface area contributed by atoms with Gasteiger partial charge in [-0.2, -0.15) is 4.31 Å². The second kappa shape index (κ2) is 11.5. The van der Waals surface area contributed by atoms with Crippen LogP contribution in [-0.4, -0.2) is 60.9 Å². The van der Waals surface area contributed by atoms with Gasteiger partial charge in [0.2, 0.25) is 15.9 Å². The monoisotopic (exact) mass is 619 g/mol. The average molecular weight is 620 g/mol. The molecule has 2 heterocycles. The number of piperidine rings is 1. The molecule has 3 aromatic carbocycles. The number of nitrogens with zero attached hydrogens (tertiary/aromatic N) is 2. The number of carbonyl (C=O) groups excluding carboxylic acids is 1. The Balaban J connectivity index is 1.25. The van der Waals surface area contributed by atoms with Crippen LogP contribution in [0.4, 0.5) is 11.4 Å². The van der Waals surface area contributed by atoms with E-state index in [1.165, 1.54) is 59.2 Å². The molecule has 0 unspecified atom stereocenters. The molecule has 1 N–H and O–H groups in total. The maximum absolute atomic E-state index is 13.3. The van der Waals surface area contributed by atoms with E-state index in [-0.39, 0.29) is 28.8 Å². The van der Waals surface area contributed by atoms with Crippen LogP contribution in [-0.2, 0) is 31.3 Å². The van der Waals surface area contributed by atoms with Crippen molar-refractivity contribution in [2.45, 2.75) is 29.1 Å². The highest BCUT2D eigenvalue weighted by Crippen LogP contribution is 2.36. The summed E-state index contributed by atoms with van der Waals surface area (Å²) in [4.78, 5) is 13.4. The third-order valence-corrected chi connectivity index (χ3v) is 11.4. The molecule has 0 spiro atoms. The molecule has 1 amide bonds. The van der Waals surface area contributed by atoms with Gasteiger partial charge in [-0.25, -0.2) is 16.8 Å². The molecule has 0 atom stereocenters. The van der Waals surface area contributed by atoms with Crippen LogP contribution in [0, 0.1) is 5.92 Å². The number of anilines is 2. The van der Waals surface area contributed by atoms with Crippen LogP contribution in [0.15, 0.2) is 70.5 Å². The molecule has 2 aliphatic rings. The lowest BCUT2D eigenvalue weighted by atomic mass is 9.97. The summed E-state index contributed by atoms with van der Waals surface area (Å²) in [5.41, 5.74) is 1.87. The molecule has 0 aliphatic carbocycles. The van der Waals surface area contributed by atoms with Gasteiger partial charge in [0.25, 0.3) is 10.0 Å². The van der Waals surface area contributed by atoms with Gasteiger partial charge in [-0.05, 0) is 73.4 Å². The number of hydrogen-bond donors (Lipinski definition) is 1. The Morgan fingerprint density at radius 2 is 1.49 bits per heavy atom.